The van der Waals surface area contributed by atoms with Crippen LogP contribution in [-0.4, -0.2) is 29.8 Å². The average molecular weight is 410 g/mol. The molecule has 6 atom stereocenters. The largest absolute Gasteiger partial charge is 0.458 e. The number of allylic oxidation sites excluding steroid dienone is 1. The molecule has 2 N–H and O–H groups in total. The topological polar surface area (TPSA) is 58.6 Å². The lowest BCUT2D eigenvalue weighted by molar-refractivity contribution is -0.136. The van der Waals surface area contributed by atoms with Gasteiger partial charge in [-0.2, -0.15) is 0 Å². The van der Waals surface area contributed by atoms with E-state index in [-0.39, 0.29) is 23.5 Å². The van der Waals surface area contributed by atoms with Crippen molar-refractivity contribution in [3.05, 3.63) is 59.7 Å². The van der Waals surface area contributed by atoms with Crippen LogP contribution in [0.3, 0.4) is 0 Å². The Labute approximate surface area is 180 Å². The van der Waals surface area contributed by atoms with Crippen LogP contribution in [0.25, 0.3) is 0 Å². The summed E-state index contributed by atoms with van der Waals surface area (Å²) in [6.45, 7) is 10.1. The summed E-state index contributed by atoms with van der Waals surface area (Å²) in [7, 11) is 0. The van der Waals surface area contributed by atoms with Crippen molar-refractivity contribution >= 4 is 5.97 Å². The molecule has 162 valence electrons. The molecule has 0 bridgehead atoms. The molecule has 1 heterocycles. The van der Waals surface area contributed by atoms with Gasteiger partial charge in [-0.3, -0.25) is 0 Å². The van der Waals surface area contributed by atoms with Gasteiger partial charge in [0, 0.05) is 12.6 Å². The lowest BCUT2D eigenvalue weighted by Gasteiger charge is -2.56. The van der Waals surface area contributed by atoms with Crippen LogP contribution in [0, 0.1) is 23.2 Å². The van der Waals surface area contributed by atoms with Crippen LogP contribution < -0.4 is 5.32 Å². The maximum atomic E-state index is 12.4. The molecule has 2 saturated carbocycles. The molecule has 1 aromatic carbocycles. The number of ether oxygens (including phenoxy) is 1. The van der Waals surface area contributed by atoms with Gasteiger partial charge >= 0.3 is 5.97 Å². The van der Waals surface area contributed by atoms with Gasteiger partial charge in [0.1, 0.15) is 6.61 Å². The number of cyclic esters (lactones) is 1. The fraction of sp³-hybridized carbons (Fsp3) is 0.577. The predicted octanol–water partition coefficient (Wildman–Crippen LogP) is 4.40. The number of aliphatic hydroxyl groups is 1. The Hall–Kier alpha value is -1.91. The zero-order chi connectivity index (χ0) is 21.3. The minimum Gasteiger partial charge on any atom is -0.458 e. The highest BCUT2D eigenvalue weighted by Gasteiger charge is 2.51. The first-order valence-electron chi connectivity index (χ1n) is 11.4. The molecule has 1 aliphatic heterocycles. The number of benzene rings is 1. The maximum absolute atomic E-state index is 12.4. The summed E-state index contributed by atoms with van der Waals surface area (Å²) in [6, 6.07) is 10.2. The monoisotopic (exact) mass is 409 g/mol. The zero-order valence-corrected chi connectivity index (χ0v) is 18.3. The Morgan fingerprint density at radius 1 is 1.30 bits per heavy atom. The SMILES string of the molecule is C=C1CCC2[C@@H](C)C(O)CC[C@]2(C)C1CC(NCc1ccccc1)C1=CCOC1=O. The lowest BCUT2D eigenvalue weighted by Crippen LogP contribution is -2.51. The predicted molar refractivity (Wildman–Crippen MR) is 119 cm³/mol. The fourth-order valence-electron chi connectivity index (χ4n) is 6.27. The van der Waals surface area contributed by atoms with E-state index in [2.05, 4.69) is 37.9 Å². The zero-order valence-electron chi connectivity index (χ0n) is 18.3. The van der Waals surface area contributed by atoms with Gasteiger partial charge in [0.25, 0.3) is 0 Å². The molecule has 4 unspecified atom stereocenters. The Balaban J connectivity index is 1.57. The van der Waals surface area contributed by atoms with Gasteiger partial charge in [-0.1, -0.05) is 56.3 Å². The standard InChI is InChI=1S/C26H35NO3/c1-17-9-10-21-18(2)24(28)11-13-26(21,3)22(17)15-23(20-12-14-30-25(20)29)27-16-19-7-5-4-6-8-19/h4-8,12,18,21-24,27-28H,1,9-11,13-16H2,2-3H3/t18-,21?,22?,23?,24?,26+/m1/s1. The second-order valence-corrected chi connectivity index (χ2v) is 9.74. The quantitative estimate of drug-likeness (QED) is 0.540. The second-order valence-electron chi connectivity index (χ2n) is 9.74. The van der Waals surface area contributed by atoms with Crippen molar-refractivity contribution in [1.82, 2.24) is 5.32 Å². The van der Waals surface area contributed by atoms with E-state index in [9.17, 15) is 9.90 Å². The first-order valence-corrected chi connectivity index (χ1v) is 11.4. The van der Waals surface area contributed by atoms with E-state index in [1.807, 2.05) is 24.3 Å². The van der Waals surface area contributed by atoms with Gasteiger partial charge in [0.15, 0.2) is 0 Å². The fourth-order valence-corrected chi connectivity index (χ4v) is 6.27. The van der Waals surface area contributed by atoms with Gasteiger partial charge in [0.05, 0.1) is 11.7 Å². The lowest BCUT2D eigenvalue weighted by atomic mass is 9.50. The van der Waals surface area contributed by atoms with E-state index < -0.39 is 0 Å². The molecule has 0 saturated heterocycles. The molecule has 4 rings (SSSR count). The third-order valence-corrected chi connectivity index (χ3v) is 8.13. The molecule has 2 aliphatic carbocycles. The molecular weight excluding hydrogens is 374 g/mol. The van der Waals surface area contributed by atoms with Gasteiger partial charge in [0.2, 0.25) is 0 Å². The van der Waals surface area contributed by atoms with Gasteiger partial charge in [-0.15, -0.1) is 0 Å². The van der Waals surface area contributed by atoms with Crippen LogP contribution in [0.2, 0.25) is 0 Å². The number of hydrogen-bond donors (Lipinski definition) is 2. The van der Waals surface area contributed by atoms with Crippen molar-refractivity contribution in [2.75, 3.05) is 6.61 Å². The third-order valence-electron chi connectivity index (χ3n) is 8.13. The normalized spacial score (nSPS) is 34.8. The molecule has 4 heteroatoms. The molecular formula is C26H35NO3. The second kappa shape index (κ2) is 8.68. The van der Waals surface area contributed by atoms with Crippen molar-refractivity contribution in [3.8, 4) is 0 Å². The van der Waals surface area contributed by atoms with Crippen LogP contribution >= 0.6 is 0 Å². The minimum absolute atomic E-state index is 0.0558. The molecule has 0 radical (unpaired) electrons. The smallest absolute Gasteiger partial charge is 0.335 e. The van der Waals surface area contributed by atoms with Crippen LogP contribution in [0.15, 0.2) is 54.1 Å². The summed E-state index contributed by atoms with van der Waals surface area (Å²) in [6.07, 6.45) is 6.57. The van der Waals surface area contributed by atoms with E-state index >= 15 is 0 Å². The van der Waals surface area contributed by atoms with Crippen molar-refractivity contribution < 1.29 is 14.6 Å². The van der Waals surface area contributed by atoms with Crippen molar-refractivity contribution in [3.63, 3.8) is 0 Å². The maximum Gasteiger partial charge on any atom is 0.335 e. The van der Waals surface area contributed by atoms with E-state index in [4.69, 9.17) is 4.74 Å². The molecule has 1 aromatic rings. The molecule has 0 amide bonds. The highest BCUT2D eigenvalue weighted by Crippen LogP contribution is 2.58. The van der Waals surface area contributed by atoms with Gasteiger partial charge in [-0.05, 0) is 66.9 Å². The Kier molecular flexibility index (Phi) is 6.17. The number of hydrogen-bond acceptors (Lipinski definition) is 4. The number of rotatable bonds is 6. The first kappa shape index (κ1) is 21.3. The van der Waals surface area contributed by atoms with Crippen LogP contribution in [0.5, 0.6) is 0 Å². The highest BCUT2D eigenvalue weighted by atomic mass is 16.5. The molecule has 4 nitrogen and oxygen atoms in total. The molecule has 0 aromatic heterocycles. The summed E-state index contributed by atoms with van der Waals surface area (Å²) in [4.78, 5) is 12.4. The van der Waals surface area contributed by atoms with E-state index in [1.165, 1.54) is 11.1 Å². The molecule has 2 fully saturated rings. The summed E-state index contributed by atoms with van der Waals surface area (Å²) < 4.78 is 5.25. The summed E-state index contributed by atoms with van der Waals surface area (Å²) in [5, 5.41) is 14.1. The average Bonchev–Trinajstić information content (AvgIpc) is 3.17. The molecule has 30 heavy (non-hydrogen) atoms. The highest BCUT2D eigenvalue weighted by molar-refractivity contribution is 5.91. The third kappa shape index (κ3) is 4.00. The van der Waals surface area contributed by atoms with E-state index in [0.29, 0.717) is 30.9 Å². The van der Waals surface area contributed by atoms with Crippen LogP contribution in [0.4, 0.5) is 0 Å². The summed E-state index contributed by atoms with van der Waals surface area (Å²) >= 11 is 0. The van der Waals surface area contributed by atoms with Gasteiger partial charge in [-0.25, -0.2) is 4.79 Å². The number of carbonyl (C=O) groups is 1. The van der Waals surface area contributed by atoms with E-state index in [1.54, 1.807) is 0 Å². The van der Waals surface area contributed by atoms with Crippen molar-refractivity contribution in [2.45, 2.75) is 64.6 Å². The van der Waals surface area contributed by atoms with Crippen LogP contribution in [0.1, 0.15) is 51.5 Å². The minimum atomic E-state index is -0.199. The summed E-state index contributed by atoms with van der Waals surface area (Å²) in [5.41, 5.74) is 3.38. The molecule has 3 aliphatic rings. The number of fused-ring (bicyclic) bond motifs is 1. The Bertz CT molecular complexity index is 817. The number of esters is 1. The van der Waals surface area contributed by atoms with Crippen molar-refractivity contribution in [2.24, 2.45) is 23.2 Å². The number of nitrogens with one attached hydrogen (secondary N) is 1. The number of aliphatic hydroxyl groups excluding tert-OH is 1. The van der Waals surface area contributed by atoms with Crippen LogP contribution in [-0.2, 0) is 16.1 Å². The Morgan fingerprint density at radius 2 is 2.07 bits per heavy atom. The number of carbonyl (C=O) groups excluding carboxylic acids is 1. The van der Waals surface area contributed by atoms with Crippen molar-refractivity contribution in [1.29, 1.82) is 0 Å². The molecule has 0 spiro atoms. The first-order chi connectivity index (χ1) is 14.4. The summed E-state index contributed by atoms with van der Waals surface area (Å²) in [5.74, 6) is 0.937. The van der Waals surface area contributed by atoms with E-state index in [0.717, 1.165) is 37.7 Å². The van der Waals surface area contributed by atoms with Gasteiger partial charge < -0.3 is 15.2 Å². The Morgan fingerprint density at radius 3 is 2.77 bits per heavy atom.